The highest BCUT2D eigenvalue weighted by atomic mass is 19.4. The van der Waals surface area contributed by atoms with Gasteiger partial charge in [0.25, 0.3) is 0 Å². The van der Waals surface area contributed by atoms with Crippen LogP contribution in [-0.2, 0) is 4.74 Å². The second-order valence-electron chi connectivity index (χ2n) is 6.56. The third kappa shape index (κ3) is 81.4. The SMILES string of the molecule is C.CC(C)(C)CO.CC(C)CF.CCCC.CCCOC(F)(F)F. The van der Waals surface area contributed by atoms with Crippen molar-refractivity contribution in [1.29, 1.82) is 0 Å². The maximum absolute atomic E-state index is 11.1. The van der Waals surface area contributed by atoms with Crippen LogP contribution in [0.4, 0.5) is 17.6 Å². The van der Waals surface area contributed by atoms with Gasteiger partial charge in [0.2, 0.25) is 0 Å². The molecule has 0 aromatic carbocycles. The Morgan fingerprint density at radius 2 is 1.21 bits per heavy atom. The minimum Gasteiger partial charge on any atom is -0.396 e. The first-order valence-electron chi connectivity index (χ1n) is 8.18. The molecule has 0 unspecified atom stereocenters. The molecule has 0 saturated heterocycles. The topological polar surface area (TPSA) is 29.5 Å². The van der Waals surface area contributed by atoms with E-state index < -0.39 is 6.36 Å². The van der Waals surface area contributed by atoms with Crippen molar-refractivity contribution in [3.8, 4) is 0 Å². The highest BCUT2D eigenvalue weighted by Gasteiger charge is 2.27. The van der Waals surface area contributed by atoms with Gasteiger partial charge >= 0.3 is 6.36 Å². The second-order valence-corrected chi connectivity index (χ2v) is 6.56. The Balaban J connectivity index is -0.0000000681. The van der Waals surface area contributed by atoms with Crippen molar-refractivity contribution >= 4 is 0 Å². The Morgan fingerprint density at radius 3 is 1.25 bits per heavy atom. The highest BCUT2D eigenvalue weighted by Crippen LogP contribution is 2.15. The van der Waals surface area contributed by atoms with Crippen molar-refractivity contribution in [2.24, 2.45) is 11.3 Å². The quantitative estimate of drug-likeness (QED) is 0.542. The van der Waals surface area contributed by atoms with Crippen molar-refractivity contribution < 1.29 is 27.4 Å². The first kappa shape index (κ1) is 34.9. The van der Waals surface area contributed by atoms with Gasteiger partial charge in [0, 0.05) is 6.61 Å². The lowest BCUT2D eigenvalue weighted by atomic mass is 9.99. The van der Waals surface area contributed by atoms with E-state index in [9.17, 15) is 17.6 Å². The number of hydrogen-bond donors (Lipinski definition) is 1. The van der Waals surface area contributed by atoms with Gasteiger partial charge in [0.15, 0.2) is 0 Å². The summed E-state index contributed by atoms with van der Waals surface area (Å²) >= 11 is 0. The average Bonchev–Trinajstić information content (AvgIpc) is 2.45. The molecule has 2 nitrogen and oxygen atoms in total. The molecule has 0 aromatic rings. The van der Waals surface area contributed by atoms with Gasteiger partial charge in [-0.3, -0.25) is 9.13 Å². The molecule has 1 N–H and O–H groups in total. The predicted octanol–water partition coefficient (Wildman–Crippen LogP) is 7.01. The van der Waals surface area contributed by atoms with Gasteiger partial charge in [0.1, 0.15) is 0 Å². The van der Waals surface area contributed by atoms with Crippen LogP contribution in [0, 0.1) is 11.3 Å². The molecule has 0 saturated carbocycles. The van der Waals surface area contributed by atoms with Gasteiger partial charge in [0.05, 0.1) is 13.3 Å². The summed E-state index contributed by atoms with van der Waals surface area (Å²) in [6.07, 6.45) is -1.42. The third-order valence-corrected chi connectivity index (χ3v) is 1.75. The van der Waals surface area contributed by atoms with E-state index in [0.717, 1.165) is 0 Å². The molecule has 24 heavy (non-hydrogen) atoms. The number of aliphatic hydroxyl groups excluding tert-OH is 1. The van der Waals surface area contributed by atoms with E-state index in [4.69, 9.17) is 5.11 Å². The molecule has 0 aliphatic heterocycles. The van der Waals surface area contributed by atoms with E-state index in [1.54, 1.807) is 6.92 Å². The molecule has 0 rings (SSSR count). The van der Waals surface area contributed by atoms with Crippen molar-refractivity contribution in [3.63, 3.8) is 0 Å². The second kappa shape index (κ2) is 22.6. The highest BCUT2D eigenvalue weighted by molar-refractivity contribution is 4.55. The lowest BCUT2D eigenvalue weighted by molar-refractivity contribution is -0.324. The molecule has 0 aromatic heterocycles. The summed E-state index contributed by atoms with van der Waals surface area (Å²) < 4.78 is 47.6. The van der Waals surface area contributed by atoms with Gasteiger partial charge in [-0.1, -0.05) is 75.7 Å². The Labute approximate surface area is 148 Å². The normalized spacial score (nSPS) is 10.2. The number of hydrogen-bond acceptors (Lipinski definition) is 2. The molecule has 0 amide bonds. The summed E-state index contributed by atoms with van der Waals surface area (Å²) in [6.45, 7) is 15.5. The average molecular weight is 367 g/mol. The van der Waals surface area contributed by atoms with Crippen LogP contribution in [0.2, 0.25) is 0 Å². The number of aliphatic hydroxyl groups is 1. The van der Waals surface area contributed by atoms with Crippen molar-refractivity contribution in [2.45, 2.75) is 88.4 Å². The monoisotopic (exact) mass is 366 g/mol. The van der Waals surface area contributed by atoms with E-state index >= 15 is 0 Å². The van der Waals surface area contributed by atoms with E-state index in [-0.39, 0.29) is 38.6 Å². The number of halogens is 4. The minimum absolute atomic E-state index is 0. The predicted molar refractivity (Wildman–Crippen MR) is 97.0 cm³/mol. The Morgan fingerprint density at radius 1 is 0.917 bits per heavy atom. The summed E-state index contributed by atoms with van der Waals surface area (Å²) in [5.74, 6) is 0.218. The summed E-state index contributed by atoms with van der Waals surface area (Å²) in [7, 11) is 0. The minimum atomic E-state index is -4.45. The van der Waals surface area contributed by atoms with Crippen molar-refractivity contribution in [3.05, 3.63) is 0 Å². The zero-order valence-electron chi connectivity index (χ0n) is 16.2. The molecule has 0 bridgehead atoms. The fourth-order valence-corrected chi connectivity index (χ4v) is 0.218. The smallest absolute Gasteiger partial charge is 0.396 e. The Bertz CT molecular complexity index is 198. The van der Waals surface area contributed by atoms with E-state index in [2.05, 4.69) is 18.6 Å². The van der Waals surface area contributed by atoms with Crippen LogP contribution in [-0.4, -0.2) is 31.4 Å². The molecule has 0 aliphatic carbocycles. The maximum Gasteiger partial charge on any atom is 0.522 e. The van der Waals surface area contributed by atoms with Crippen molar-refractivity contribution in [1.82, 2.24) is 0 Å². The van der Waals surface area contributed by atoms with E-state index in [1.165, 1.54) is 12.8 Å². The van der Waals surface area contributed by atoms with Gasteiger partial charge in [-0.2, -0.15) is 0 Å². The third-order valence-electron chi connectivity index (χ3n) is 1.75. The standard InChI is InChI=1S/C5H12O.C4H7F3O.C4H9F.C4H10.CH4/c1-5(2,3)4-6;1-2-3-8-4(5,6)7;1-4(2)3-5;1-3-4-2;/h6H,4H2,1-3H3;2-3H2,1H3;4H,3H2,1-2H3;3-4H2,1-2H3;1H4. The zero-order chi connectivity index (χ0) is 19.5. The molecular weight excluding hydrogens is 324 g/mol. The zero-order valence-corrected chi connectivity index (χ0v) is 16.2. The summed E-state index contributed by atoms with van der Waals surface area (Å²) in [5, 5.41) is 8.40. The fourth-order valence-electron chi connectivity index (χ4n) is 0.218. The van der Waals surface area contributed by atoms with Crippen LogP contribution in [0.5, 0.6) is 0 Å². The first-order chi connectivity index (χ1) is 10.3. The first-order valence-corrected chi connectivity index (χ1v) is 8.18. The van der Waals surface area contributed by atoms with Crippen LogP contribution in [0.1, 0.15) is 82.1 Å². The number of alkyl halides is 4. The van der Waals surface area contributed by atoms with Crippen LogP contribution < -0.4 is 0 Å². The Hall–Kier alpha value is -0.360. The van der Waals surface area contributed by atoms with Crippen LogP contribution in [0.3, 0.4) is 0 Å². The molecule has 0 fully saturated rings. The Kier molecular flexibility index (Phi) is 32.9. The molecule has 0 atom stereocenters. The molecule has 0 heterocycles. The number of ether oxygens (including phenoxy) is 1. The van der Waals surface area contributed by atoms with Gasteiger partial charge in [-0.15, -0.1) is 13.2 Å². The maximum atomic E-state index is 11.1. The fraction of sp³-hybridized carbons (Fsp3) is 1.00. The number of unbranched alkanes of at least 4 members (excludes halogenated alkanes) is 1. The molecular formula is C18H42F4O2. The van der Waals surface area contributed by atoms with E-state index in [1.807, 2.05) is 34.6 Å². The molecule has 6 heteroatoms. The van der Waals surface area contributed by atoms with Crippen LogP contribution in [0.25, 0.3) is 0 Å². The van der Waals surface area contributed by atoms with Gasteiger partial charge < -0.3 is 5.11 Å². The van der Waals surface area contributed by atoms with Crippen LogP contribution >= 0.6 is 0 Å². The lowest BCUT2D eigenvalue weighted by Gasteiger charge is -2.11. The largest absolute Gasteiger partial charge is 0.522 e. The molecule has 0 aliphatic rings. The molecule has 154 valence electrons. The van der Waals surface area contributed by atoms with E-state index in [0.29, 0.717) is 6.42 Å². The van der Waals surface area contributed by atoms with Crippen LogP contribution in [0.15, 0.2) is 0 Å². The number of rotatable bonds is 4. The molecule has 0 spiro atoms. The molecule has 0 radical (unpaired) electrons. The van der Waals surface area contributed by atoms with Gasteiger partial charge in [-0.05, 0) is 17.8 Å². The van der Waals surface area contributed by atoms with Crippen molar-refractivity contribution in [2.75, 3.05) is 19.9 Å². The lowest BCUT2D eigenvalue weighted by Crippen LogP contribution is -2.13. The summed E-state index contributed by atoms with van der Waals surface area (Å²) in [6, 6.07) is 0. The summed E-state index contributed by atoms with van der Waals surface area (Å²) in [4.78, 5) is 0. The van der Waals surface area contributed by atoms with Gasteiger partial charge in [-0.25, -0.2) is 0 Å². The summed E-state index contributed by atoms with van der Waals surface area (Å²) in [5.41, 5.74) is 0.0972.